The number of aromatic carboxylic acids is 1. The number of anilines is 1. The molecule has 0 atom stereocenters. The summed E-state index contributed by atoms with van der Waals surface area (Å²) in [6.45, 7) is 6.98. The third-order valence-electron chi connectivity index (χ3n) is 3.17. The Morgan fingerprint density at radius 3 is 1.92 bits per heavy atom. The molecule has 1 aromatic rings. The number of hydrogen-bond donors (Lipinski definition) is 2. The molecule has 1 rings (SSSR count). The number of nitrogens with one attached hydrogen (secondary N) is 1. The first-order chi connectivity index (χ1) is 11.5. The summed E-state index contributed by atoms with van der Waals surface area (Å²) in [5, 5.41) is 11.6. The van der Waals surface area contributed by atoms with Gasteiger partial charge in [-0.1, -0.05) is 0 Å². The maximum Gasteiger partial charge on any atom is 0.501 e. The van der Waals surface area contributed by atoms with E-state index < -0.39 is 14.8 Å². The van der Waals surface area contributed by atoms with Crippen LogP contribution in [0.25, 0.3) is 0 Å². The number of carbonyl (C=O) groups excluding carboxylic acids is 1. The van der Waals surface area contributed by atoms with Crippen LogP contribution in [0.1, 0.15) is 37.6 Å². The largest absolute Gasteiger partial charge is 0.501 e. The highest BCUT2D eigenvalue weighted by atomic mass is 28.4. The molecule has 0 saturated carbocycles. The second-order valence-electron chi connectivity index (χ2n) is 4.91. The molecule has 0 aliphatic carbocycles. The topological polar surface area (TPSA) is 94.1 Å². The van der Waals surface area contributed by atoms with Gasteiger partial charge < -0.3 is 23.7 Å². The highest BCUT2D eigenvalue weighted by molar-refractivity contribution is 6.61. The van der Waals surface area contributed by atoms with Gasteiger partial charge in [-0.25, -0.2) is 4.79 Å². The molecule has 0 radical (unpaired) electrons. The van der Waals surface area contributed by atoms with Gasteiger partial charge in [-0.2, -0.15) is 0 Å². The molecule has 1 amide bonds. The van der Waals surface area contributed by atoms with E-state index in [2.05, 4.69) is 5.32 Å². The molecule has 0 bridgehead atoms. The maximum absolute atomic E-state index is 12.1. The molecule has 0 aromatic heterocycles. The summed E-state index contributed by atoms with van der Waals surface area (Å²) in [7, 11) is -2.84. The minimum atomic E-state index is -2.84. The molecular weight excluding hydrogens is 330 g/mol. The fourth-order valence-electron chi connectivity index (χ4n) is 2.19. The highest BCUT2D eigenvalue weighted by Crippen LogP contribution is 2.19. The molecule has 1 aromatic carbocycles. The van der Waals surface area contributed by atoms with Crippen molar-refractivity contribution in [3.63, 3.8) is 0 Å². The van der Waals surface area contributed by atoms with Crippen molar-refractivity contribution < 1.29 is 28.0 Å². The van der Waals surface area contributed by atoms with Crippen LogP contribution in [0.4, 0.5) is 5.69 Å². The first kappa shape index (κ1) is 20.3. The SMILES string of the molecule is CCO[Si](CCC(=O)Nc1ccc(C(=O)O)cc1)(OCC)OCC. The molecule has 24 heavy (non-hydrogen) atoms. The number of hydrogen-bond acceptors (Lipinski definition) is 5. The third-order valence-corrected chi connectivity index (χ3v) is 6.21. The zero-order chi connectivity index (χ0) is 18.0. The average molecular weight is 355 g/mol. The summed E-state index contributed by atoms with van der Waals surface area (Å²) in [5.74, 6) is -1.21. The van der Waals surface area contributed by atoms with Crippen LogP contribution >= 0.6 is 0 Å². The van der Waals surface area contributed by atoms with Crippen molar-refractivity contribution in [3.8, 4) is 0 Å². The van der Waals surface area contributed by atoms with E-state index in [9.17, 15) is 9.59 Å². The van der Waals surface area contributed by atoms with Gasteiger partial charge in [0.1, 0.15) is 0 Å². The van der Waals surface area contributed by atoms with Gasteiger partial charge in [0.2, 0.25) is 5.91 Å². The summed E-state index contributed by atoms with van der Waals surface area (Å²) in [6, 6.07) is 6.38. The molecule has 0 unspecified atom stereocenters. The number of carboxylic acids is 1. The van der Waals surface area contributed by atoms with Crippen LogP contribution in [0.5, 0.6) is 0 Å². The maximum atomic E-state index is 12.1. The van der Waals surface area contributed by atoms with E-state index in [-0.39, 0.29) is 17.9 Å². The number of amides is 1. The minimum Gasteiger partial charge on any atom is -0.478 e. The molecule has 0 saturated heterocycles. The summed E-state index contributed by atoms with van der Waals surface area (Å²) in [5.41, 5.74) is 0.713. The van der Waals surface area contributed by atoms with E-state index in [4.69, 9.17) is 18.4 Å². The lowest BCUT2D eigenvalue weighted by Gasteiger charge is -2.28. The molecule has 0 spiro atoms. The van der Waals surface area contributed by atoms with Crippen molar-refractivity contribution in [2.24, 2.45) is 0 Å². The van der Waals surface area contributed by atoms with Crippen LogP contribution in [0.3, 0.4) is 0 Å². The Balaban J connectivity index is 2.63. The fourth-order valence-corrected chi connectivity index (χ4v) is 4.72. The standard InChI is InChI=1S/C16H25NO6Si/c1-4-21-24(22-5-2,23-6-3)12-11-15(18)17-14-9-7-13(8-10-14)16(19)20/h7-10H,4-6,11-12H2,1-3H3,(H,17,18)(H,19,20). The van der Waals surface area contributed by atoms with Crippen LogP contribution in [0, 0.1) is 0 Å². The van der Waals surface area contributed by atoms with Crippen molar-refractivity contribution in [2.75, 3.05) is 25.1 Å². The third kappa shape index (κ3) is 6.40. The van der Waals surface area contributed by atoms with E-state index in [1.54, 1.807) is 12.1 Å². The molecular formula is C16H25NO6Si. The summed E-state index contributed by atoms with van der Waals surface area (Å²) in [4.78, 5) is 22.9. The lowest BCUT2D eigenvalue weighted by Crippen LogP contribution is -2.46. The molecule has 0 fully saturated rings. The summed E-state index contributed by atoms with van der Waals surface area (Å²) in [6.07, 6.45) is 0.201. The number of benzene rings is 1. The van der Waals surface area contributed by atoms with Crippen LogP contribution < -0.4 is 5.32 Å². The lowest BCUT2D eigenvalue weighted by atomic mass is 10.2. The summed E-state index contributed by atoms with van der Waals surface area (Å²) >= 11 is 0. The van der Waals surface area contributed by atoms with Crippen molar-refractivity contribution in [1.29, 1.82) is 0 Å². The van der Waals surface area contributed by atoms with Crippen LogP contribution in [-0.2, 0) is 18.1 Å². The molecule has 8 heteroatoms. The second-order valence-corrected chi connectivity index (χ2v) is 7.64. The van der Waals surface area contributed by atoms with Gasteiger partial charge in [-0.3, -0.25) is 4.79 Å². The molecule has 0 aliphatic rings. The van der Waals surface area contributed by atoms with Gasteiger partial charge in [0.15, 0.2) is 0 Å². The van der Waals surface area contributed by atoms with E-state index in [0.717, 1.165) is 0 Å². The predicted molar refractivity (Wildman–Crippen MR) is 92.1 cm³/mol. The minimum absolute atomic E-state index is 0.170. The normalized spacial score (nSPS) is 11.3. The van der Waals surface area contributed by atoms with Crippen molar-refractivity contribution >= 4 is 26.4 Å². The van der Waals surface area contributed by atoms with Gasteiger partial charge in [-0.15, -0.1) is 0 Å². The molecule has 0 heterocycles. The molecule has 0 aliphatic heterocycles. The van der Waals surface area contributed by atoms with Crippen molar-refractivity contribution in [1.82, 2.24) is 0 Å². The second kappa shape index (κ2) is 10.2. The smallest absolute Gasteiger partial charge is 0.478 e. The van der Waals surface area contributed by atoms with E-state index in [1.165, 1.54) is 12.1 Å². The Bertz CT molecular complexity index is 517. The zero-order valence-corrected chi connectivity index (χ0v) is 15.3. The van der Waals surface area contributed by atoms with Crippen molar-refractivity contribution in [2.45, 2.75) is 33.2 Å². The van der Waals surface area contributed by atoms with Crippen molar-refractivity contribution in [3.05, 3.63) is 29.8 Å². The lowest BCUT2D eigenvalue weighted by molar-refractivity contribution is -0.116. The Morgan fingerprint density at radius 2 is 1.50 bits per heavy atom. The van der Waals surface area contributed by atoms with Gasteiger partial charge in [0.05, 0.1) is 5.56 Å². The first-order valence-electron chi connectivity index (χ1n) is 8.01. The van der Waals surface area contributed by atoms with Crippen LogP contribution in [0.2, 0.25) is 6.04 Å². The Labute approximate surface area is 143 Å². The van der Waals surface area contributed by atoms with Gasteiger partial charge >= 0.3 is 14.8 Å². The van der Waals surface area contributed by atoms with Crippen LogP contribution in [0.15, 0.2) is 24.3 Å². The van der Waals surface area contributed by atoms with Crippen LogP contribution in [-0.4, -0.2) is 45.6 Å². The first-order valence-corrected chi connectivity index (χ1v) is 9.94. The van der Waals surface area contributed by atoms with Gasteiger partial charge in [-0.05, 0) is 45.0 Å². The van der Waals surface area contributed by atoms with E-state index in [1.807, 2.05) is 20.8 Å². The molecule has 134 valence electrons. The Morgan fingerprint density at radius 1 is 1.00 bits per heavy atom. The fraction of sp³-hybridized carbons (Fsp3) is 0.500. The molecule has 2 N–H and O–H groups in total. The number of carboxylic acid groups (broad SMARTS) is 1. The van der Waals surface area contributed by atoms with Gasteiger partial charge in [0, 0.05) is 38.0 Å². The monoisotopic (exact) mass is 355 g/mol. The number of rotatable bonds is 11. The predicted octanol–water partition coefficient (Wildman–Crippen LogP) is 2.76. The summed E-state index contributed by atoms with van der Waals surface area (Å²) < 4.78 is 17.1. The number of carbonyl (C=O) groups is 2. The molecule has 7 nitrogen and oxygen atoms in total. The average Bonchev–Trinajstić information content (AvgIpc) is 2.54. The zero-order valence-electron chi connectivity index (χ0n) is 14.3. The van der Waals surface area contributed by atoms with E-state index >= 15 is 0 Å². The quantitative estimate of drug-likeness (QED) is 0.593. The Kier molecular flexibility index (Phi) is 8.62. The van der Waals surface area contributed by atoms with E-state index in [0.29, 0.717) is 31.6 Å². The Hall–Kier alpha value is -1.74. The highest BCUT2D eigenvalue weighted by Gasteiger charge is 2.40. The van der Waals surface area contributed by atoms with Gasteiger partial charge in [0.25, 0.3) is 0 Å².